The number of ether oxygens (including phenoxy) is 1. The minimum Gasteiger partial charge on any atom is -0.480 e. The molecular formula is C17H21N3O2. The van der Waals surface area contributed by atoms with E-state index in [0.717, 1.165) is 24.1 Å². The molecule has 0 atom stereocenters. The lowest BCUT2D eigenvalue weighted by atomic mass is 9.81. The number of pyridine rings is 1. The lowest BCUT2D eigenvalue weighted by Crippen LogP contribution is -2.28. The fraction of sp³-hybridized carbons (Fsp3) is 0.412. The molecule has 2 aromatic heterocycles. The van der Waals surface area contributed by atoms with Gasteiger partial charge in [-0.25, -0.2) is 4.98 Å². The molecule has 1 aliphatic carbocycles. The average molecular weight is 299 g/mol. The Bertz CT molecular complexity index is 689. The summed E-state index contributed by atoms with van der Waals surface area (Å²) in [5, 5.41) is 0. The lowest BCUT2D eigenvalue weighted by Gasteiger charge is -2.28. The van der Waals surface area contributed by atoms with E-state index >= 15 is 0 Å². The van der Waals surface area contributed by atoms with E-state index in [1.165, 1.54) is 6.42 Å². The smallest absolute Gasteiger partial charge is 0.260 e. The minimum absolute atomic E-state index is 0.0196. The molecule has 22 heavy (non-hydrogen) atoms. The molecule has 2 aromatic rings. The van der Waals surface area contributed by atoms with Crippen LogP contribution in [0.15, 0.2) is 30.6 Å². The second-order valence-corrected chi connectivity index (χ2v) is 5.75. The van der Waals surface area contributed by atoms with E-state index in [1.54, 1.807) is 31.3 Å². The molecule has 0 bridgehead atoms. The Morgan fingerprint density at radius 2 is 2.18 bits per heavy atom. The van der Waals surface area contributed by atoms with Gasteiger partial charge < -0.3 is 14.2 Å². The normalized spacial score (nSPS) is 14.5. The van der Waals surface area contributed by atoms with Crippen LogP contribution < -0.4 is 9.64 Å². The largest absolute Gasteiger partial charge is 0.480 e. The number of aryl methyl sites for hydroxylation is 1. The van der Waals surface area contributed by atoms with Crippen molar-refractivity contribution in [2.24, 2.45) is 7.05 Å². The molecule has 1 amide bonds. The number of aromatic nitrogens is 2. The Labute approximate surface area is 130 Å². The van der Waals surface area contributed by atoms with Crippen molar-refractivity contribution in [1.82, 2.24) is 9.55 Å². The summed E-state index contributed by atoms with van der Waals surface area (Å²) in [6, 6.07) is 5.56. The summed E-state index contributed by atoms with van der Waals surface area (Å²) in [4.78, 5) is 18.7. The molecule has 0 unspecified atom stereocenters. The van der Waals surface area contributed by atoms with E-state index in [1.807, 2.05) is 25.4 Å². The van der Waals surface area contributed by atoms with Gasteiger partial charge in [0.05, 0.1) is 12.7 Å². The molecule has 0 saturated heterocycles. The Hall–Kier alpha value is -2.30. The van der Waals surface area contributed by atoms with Gasteiger partial charge in [-0.3, -0.25) is 4.79 Å². The molecule has 2 heterocycles. The van der Waals surface area contributed by atoms with Crippen molar-refractivity contribution in [2.75, 3.05) is 19.1 Å². The van der Waals surface area contributed by atoms with E-state index in [-0.39, 0.29) is 5.91 Å². The predicted molar refractivity (Wildman–Crippen MR) is 85.5 cm³/mol. The Morgan fingerprint density at radius 3 is 2.82 bits per heavy atom. The molecule has 116 valence electrons. The highest BCUT2D eigenvalue weighted by Crippen LogP contribution is 2.39. The van der Waals surface area contributed by atoms with Gasteiger partial charge in [0.2, 0.25) is 5.88 Å². The zero-order chi connectivity index (χ0) is 15.7. The molecule has 0 N–H and O–H groups in total. The van der Waals surface area contributed by atoms with E-state index in [0.29, 0.717) is 17.5 Å². The first kappa shape index (κ1) is 14.6. The van der Waals surface area contributed by atoms with Crippen molar-refractivity contribution < 1.29 is 9.53 Å². The van der Waals surface area contributed by atoms with Crippen LogP contribution in [-0.4, -0.2) is 29.6 Å². The zero-order valence-corrected chi connectivity index (χ0v) is 13.2. The molecule has 1 fully saturated rings. The Kier molecular flexibility index (Phi) is 3.88. The number of nitrogens with zero attached hydrogens (tertiary/aromatic N) is 3. The molecule has 0 aliphatic heterocycles. The third-order valence-corrected chi connectivity index (χ3v) is 4.45. The van der Waals surface area contributed by atoms with Crippen LogP contribution in [0.5, 0.6) is 5.88 Å². The zero-order valence-electron chi connectivity index (χ0n) is 13.2. The highest BCUT2D eigenvalue weighted by atomic mass is 16.5. The minimum atomic E-state index is -0.0196. The Morgan fingerprint density at radius 1 is 1.41 bits per heavy atom. The summed E-state index contributed by atoms with van der Waals surface area (Å²) in [5.74, 6) is 0.941. The van der Waals surface area contributed by atoms with Gasteiger partial charge in [-0.1, -0.05) is 6.42 Å². The van der Waals surface area contributed by atoms with Gasteiger partial charge in [0.15, 0.2) is 0 Å². The fourth-order valence-corrected chi connectivity index (χ4v) is 3.00. The second-order valence-electron chi connectivity index (χ2n) is 5.75. The van der Waals surface area contributed by atoms with Crippen LogP contribution in [0.3, 0.4) is 0 Å². The first-order valence-electron chi connectivity index (χ1n) is 7.55. The molecule has 1 aliphatic rings. The lowest BCUT2D eigenvalue weighted by molar-refractivity contribution is 0.0990. The SMILES string of the molecule is COc1ncccc1N(C)C(=O)c1ccn(C)c1C1CCC1. The molecule has 5 nitrogen and oxygen atoms in total. The van der Waals surface area contributed by atoms with Crippen molar-refractivity contribution >= 4 is 11.6 Å². The van der Waals surface area contributed by atoms with Crippen LogP contribution in [-0.2, 0) is 7.05 Å². The summed E-state index contributed by atoms with van der Waals surface area (Å²) < 4.78 is 7.33. The second kappa shape index (κ2) is 5.83. The molecule has 3 rings (SSSR count). The first-order valence-corrected chi connectivity index (χ1v) is 7.55. The van der Waals surface area contributed by atoms with Crippen LogP contribution in [0, 0.1) is 0 Å². The summed E-state index contributed by atoms with van der Waals surface area (Å²) in [5.41, 5.74) is 2.60. The van der Waals surface area contributed by atoms with Crippen molar-refractivity contribution in [3.05, 3.63) is 41.9 Å². The number of hydrogen-bond donors (Lipinski definition) is 0. The molecule has 0 aromatic carbocycles. The number of methoxy groups -OCH3 is 1. The summed E-state index contributed by atoms with van der Waals surface area (Å²) in [6.45, 7) is 0. The number of rotatable bonds is 4. The van der Waals surface area contributed by atoms with Gasteiger partial charge in [-0.15, -0.1) is 0 Å². The van der Waals surface area contributed by atoms with E-state index in [2.05, 4.69) is 9.55 Å². The molecule has 5 heteroatoms. The molecule has 0 spiro atoms. The average Bonchev–Trinajstić information content (AvgIpc) is 2.86. The van der Waals surface area contributed by atoms with Crippen molar-refractivity contribution in [2.45, 2.75) is 25.2 Å². The highest BCUT2D eigenvalue weighted by Gasteiger charge is 2.29. The first-order chi connectivity index (χ1) is 10.6. The van der Waals surface area contributed by atoms with Crippen LogP contribution >= 0.6 is 0 Å². The van der Waals surface area contributed by atoms with Gasteiger partial charge >= 0.3 is 0 Å². The topological polar surface area (TPSA) is 47.4 Å². The van der Waals surface area contributed by atoms with Gasteiger partial charge in [-0.05, 0) is 37.0 Å². The van der Waals surface area contributed by atoms with Crippen molar-refractivity contribution in [3.8, 4) is 5.88 Å². The van der Waals surface area contributed by atoms with E-state index in [4.69, 9.17) is 4.74 Å². The van der Waals surface area contributed by atoms with Gasteiger partial charge in [0.1, 0.15) is 5.69 Å². The van der Waals surface area contributed by atoms with E-state index in [9.17, 15) is 4.79 Å². The van der Waals surface area contributed by atoms with Gasteiger partial charge in [0, 0.05) is 32.2 Å². The summed E-state index contributed by atoms with van der Waals surface area (Å²) in [7, 11) is 5.33. The van der Waals surface area contributed by atoms with Crippen LogP contribution in [0.1, 0.15) is 41.2 Å². The third-order valence-electron chi connectivity index (χ3n) is 4.45. The van der Waals surface area contributed by atoms with Crippen LogP contribution in [0.2, 0.25) is 0 Å². The predicted octanol–water partition coefficient (Wildman–Crippen LogP) is 2.97. The number of carbonyl (C=O) groups is 1. The fourth-order valence-electron chi connectivity index (χ4n) is 3.00. The molecular weight excluding hydrogens is 278 g/mol. The van der Waals surface area contributed by atoms with E-state index < -0.39 is 0 Å². The monoisotopic (exact) mass is 299 g/mol. The molecule has 0 radical (unpaired) electrons. The van der Waals surface area contributed by atoms with Crippen LogP contribution in [0.4, 0.5) is 5.69 Å². The number of hydrogen-bond acceptors (Lipinski definition) is 3. The maximum Gasteiger partial charge on any atom is 0.260 e. The van der Waals surface area contributed by atoms with Gasteiger partial charge in [-0.2, -0.15) is 0 Å². The molecule has 1 saturated carbocycles. The standard InChI is InChI=1S/C17H21N3O2/c1-19-11-9-13(15(19)12-6-4-7-12)17(21)20(2)14-8-5-10-18-16(14)22-3/h5,8-12H,4,6-7H2,1-3H3. The van der Waals surface area contributed by atoms with Crippen molar-refractivity contribution in [3.63, 3.8) is 0 Å². The highest BCUT2D eigenvalue weighted by molar-refractivity contribution is 6.07. The van der Waals surface area contributed by atoms with Crippen molar-refractivity contribution in [1.29, 1.82) is 0 Å². The number of anilines is 1. The third kappa shape index (κ3) is 2.36. The number of amides is 1. The quantitative estimate of drug-likeness (QED) is 0.872. The van der Waals surface area contributed by atoms with Gasteiger partial charge in [0.25, 0.3) is 5.91 Å². The number of carbonyl (C=O) groups excluding carboxylic acids is 1. The maximum atomic E-state index is 12.9. The summed E-state index contributed by atoms with van der Waals surface area (Å²) >= 11 is 0. The maximum absolute atomic E-state index is 12.9. The summed E-state index contributed by atoms with van der Waals surface area (Å²) in [6.07, 6.45) is 7.20. The Balaban J connectivity index is 1.94. The van der Waals surface area contributed by atoms with Crippen LogP contribution in [0.25, 0.3) is 0 Å².